The zero-order valence-corrected chi connectivity index (χ0v) is 10.6. The molecule has 0 saturated heterocycles. The van der Waals surface area contributed by atoms with Crippen LogP contribution in [0.5, 0.6) is 0 Å². The van der Waals surface area contributed by atoms with Crippen molar-refractivity contribution in [2.75, 3.05) is 5.32 Å². The highest BCUT2D eigenvalue weighted by molar-refractivity contribution is 5.85. The Labute approximate surface area is 111 Å². The summed E-state index contributed by atoms with van der Waals surface area (Å²) < 4.78 is 0. The van der Waals surface area contributed by atoms with E-state index in [1.807, 2.05) is 18.2 Å². The van der Waals surface area contributed by atoms with Crippen molar-refractivity contribution in [1.29, 1.82) is 0 Å². The van der Waals surface area contributed by atoms with E-state index in [2.05, 4.69) is 28.3 Å². The molecule has 0 saturated carbocycles. The number of anilines is 1. The van der Waals surface area contributed by atoms with Crippen molar-refractivity contribution >= 4 is 11.8 Å². The van der Waals surface area contributed by atoms with Gasteiger partial charge in [0.2, 0.25) is 0 Å². The molecule has 0 amide bonds. The monoisotopic (exact) mass is 257 g/mol. The highest BCUT2D eigenvalue weighted by Gasteiger charge is 2.06. The van der Waals surface area contributed by atoms with Crippen LogP contribution in [0.25, 0.3) is 0 Å². The molecule has 1 aromatic heterocycles. The Morgan fingerprint density at radius 3 is 2.68 bits per heavy atom. The molecule has 0 aliphatic rings. The van der Waals surface area contributed by atoms with Gasteiger partial charge < -0.3 is 10.4 Å². The predicted octanol–water partition coefficient (Wildman–Crippen LogP) is 2.35. The number of benzene rings is 1. The normalized spacial score (nSPS) is 10.2. The van der Waals surface area contributed by atoms with Gasteiger partial charge in [0.25, 0.3) is 0 Å². The molecule has 2 rings (SSSR count). The molecule has 2 N–H and O–H groups in total. The van der Waals surface area contributed by atoms with Crippen LogP contribution in [0.2, 0.25) is 0 Å². The van der Waals surface area contributed by atoms with E-state index in [9.17, 15) is 4.79 Å². The molecule has 5 heteroatoms. The Hall–Kier alpha value is -2.43. The standard InChI is InChI=1S/C14H15N3O2/c1-2-10-5-3-4-6-11(10)7-16-13-9-15-8-12(17-13)14(18)19/h3-6,8-9H,2,7H2,1H3,(H,16,17)(H,18,19). The van der Waals surface area contributed by atoms with Gasteiger partial charge in [-0.1, -0.05) is 31.2 Å². The molecule has 98 valence electrons. The number of carboxylic acid groups (broad SMARTS) is 1. The molecule has 0 aliphatic heterocycles. The Morgan fingerprint density at radius 1 is 1.26 bits per heavy atom. The lowest BCUT2D eigenvalue weighted by Gasteiger charge is -2.09. The molecule has 5 nitrogen and oxygen atoms in total. The molecule has 1 heterocycles. The molecule has 0 atom stereocenters. The lowest BCUT2D eigenvalue weighted by molar-refractivity contribution is 0.0690. The van der Waals surface area contributed by atoms with E-state index in [1.54, 1.807) is 0 Å². The van der Waals surface area contributed by atoms with Crippen LogP contribution in [-0.2, 0) is 13.0 Å². The molecule has 0 radical (unpaired) electrons. The molecular weight excluding hydrogens is 242 g/mol. The van der Waals surface area contributed by atoms with Gasteiger partial charge in [-0.3, -0.25) is 4.98 Å². The van der Waals surface area contributed by atoms with Crippen molar-refractivity contribution < 1.29 is 9.90 Å². The van der Waals surface area contributed by atoms with Gasteiger partial charge in [0, 0.05) is 6.54 Å². The zero-order valence-electron chi connectivity index (χ0n) is 10.6. The highest BCUT2D eigenvalue weighted by atomic mass is 16.4. The van der Waals surface area contributed by atoms with Crippen LogP contribution < -0.4 is 5.32 Å². The Balaban J connectivity index is 2.10. The van der Waals surface area contributed by atoms with Crippen molar-refractivity contribution in [1.82, 2.24) is 9.97 Å². The van der Waals surface area contributed by atoms with Crippen LogP contribution >= 0.6 is 0 Å². The summed E-state index contributed by atoms with van der Waals surface area (Å²) in [5.74, 6) is -0.615. The predicted molar refractivity (Wildman–Crippen MR) is 72.1 cm³/mol. The van der Waals surface area contributed by atoms with E-state index in [4.69, 9.17) is 5.11 Å². The summed E-state index contributed by atoms with van der Waals surface area (Å²) in [6.07, 6.45) is 3.70. The molecule has 19 heavy (non-hydrogen) atoms. The highest BCUT2D eigenvalue weighted by Crippen LogP contribution is 2.11. The van der Waals surface area contributed by atoms with Crippen LogP contribution in [-0.4, -0.2) is 21.0 Å². The number of hydrogen-bond donors (Lipinski definition) is 2. The smallest absolute Gasteiger partial charge is 0.356 e. The van der Waals surface area contributed by atoms with Crippen molar-refractivity contribution in [2.24, 2.45) is 0 Å². The van der Waals surface area contributed by atoms with Crippen molar-refractivity contribution in [3.63, 3.8) is 0 Å². The van der Waals surface area contributed by atoms with Gasteiger partial charge in [-0.25, -0.2) is 9.78 Å². The van der Waals surface area contributed by atoms with E-state index in [0.29, 0.717) is 12.4 Å². The summed E-state index contributed by atoms with van der Waals surface area (Å²) in [4.78, 5) is 18.6. The van der Waals surface area contributed by atoms with Gasteiger partial charge in [-0.15, -0.1) is 0 Å². The molecular formula is C14H15N3O2. The summed E-state index contributed by atoms with van der Waals surface area (Å²) >= 11 is 0. The third-order valence-electron chi connectivity index (χ3n) is 2.81. The number of aromatic nitrogens is 2. The van der Waals surface area contributed by atoms with Crippen LogP contribution in [0.1, 0.15) is 28.5 Å². The summed E-state index contributed by atoms with van der Waals surface area (Å²) in [7, 11) is 0. The summed E-state index contributed by atoms with van der Waals surface area (Å²) in [6.45, 7) is 2.70. The van der Waals surface area contributed by atoms with Gasteiger partial charge in [0.1, 0.15) is 5.82 Å². The van der Waals surface area contributed by atoms with Gasteiger partial charge in [0.15, 0.2) is 5.69 Å². The number of carboxylic acids is 1. The first-order chi connectivity index (χ1) is 9.20. The minimum atomic E-state index is -1.08. The van der Waals surface area contributed by atoms with Crippen LogP contribution in [0.3, 0.4) is 0 Å². The Morgan fingerprint density at radius 2 is 2.00 bits per heavy atom. The second-order valence-corrected chi connectivity index (χ2v) is 4.07. The van der Waals surface area contributed by atoms with E-state index in [1.165, 1.54) is 23.5 Å². The maximum absolute atomic E-state index is 10.8. The minimum absolute atomic E-state index is 0.0613. The average Bonchev–Trinajstić information content (AvgIpc) is 2.45. The van der Waals surface area contributed by atoms with Gasteiger partial charge in [0.05, 0.1) is 12.4 Å². The fraction of sp³-hybridized carbons (Fsp3) is 0.214. The van der Waals surface area contributed by atoms with Gasteiger partial charge in [-0.05, 0) is 17.5 Å². The Kier molecular flexibility index (Phi) is 4.07. The molecule has 0 aliphatic carbocycles. The molecule has 0 fully saturated rings. The number of aryl methyl sites for hydroxylation is 1. The lowest BCUT2D eigenvalue weighted by atomic mass is 10.1. The average molecular weight is 257 g/mol. The maximum atomic E-state index is 10.8. The number of nitrogens with zero attached hydrogens (tertiary/aromatic N) is 2. The number of nitrogens with one attached hydrogen (secondary N) is 1. The summed E-state index contributed by atoms with van der Waals surface area (Å²) in [5.41, 5.74) is 2.37. The van der Waals surface area contributed by atoms with E-state index in [0.717, 1.165) is 6.42 Å². The molecule has 0 spiro atoms. The third kappa shape index (κ3) is 3.28. The van der Waals surface area contributed by atoms with Crippen LogP contribution in [0, 0.1) is 0 Å². The fourth-order valence-electron chi connectivity index (χ4n) is 1.81. The number of carbonyl (C=O) groups is 1. The van der Waals surface area contributed by atoms with Gasteiger partial charge in [-0.2, -0.15) is 0 Å². The Bertz CT molecular complexity index is 584. The van der Waals surface area contributed by atoms with Gasteiger partial charge >= 0.3 is 5.97 Å². The maximum Gasteiger partial charge on any atom is 0.356 e. The molecule has 2 aromatic rings. The minimum Gasteiger partial charge on any atom is -0.476 e. The van der Waals surface area contributed by atoms with Crippen LogP contribution in [0.15, 0.2) is 36.7 Å². The summed E-state index contributed by atoms with van der Waals surface area (Å²) in [6, 6.07) is 8.11. The van der Waals surface area contributed by atoms with Crippen molar-refractivity contribution in [3.05, 3.63) is 53.5 Å². The summed E-state index contributed by atoms with van der Waals surface area (Å²) in [5, 5.41) is 11.9. The molecule has 1 aromatic carbocycles. The number of aromatic carboxylic acids is 1. The van der Waals surface area contributed by atoms with Crippen LogP contribution in [0.4, 0.5) is 5.82 Å². The topological polar surface area (TPSA) is 75.1 Å². The van der Waals surface area contributed by atoms with Crippen molar-refractivity contribution in [2.45, 2.75) is 19.9 Å². The van der Waals surface area contributed by atoms with E-state index < -0.39 is 5.97 Å². The second kappa shape index (κ2) is 5.95. The third-order valence-corrected chi connectivity index (χ3v) is 2.81. The lowest BCUT2D eigenvalue weighted by Crippen LogP contribution is -2.07. The van der Waals surface area contributed by atoms with E-state index in [-0.39, 0.29) is 5.69 Å². The quantitative estimate of drug-likeness (QED) is 0.860. The molecule has 0 unspecified atom stereocenters. The zero-order chi connectivity index (χ0) is 13.7. The first-order valence-corrected chi connectivity index (χ1v) is 6.06. The van der Waals surface area contributed by atoms with E-state index >= 15 is 0 Å². The molecule has 0 bridgehead atoms. The first kappa shape index (κ1) is 13.0. The van der Waals surface area contributed by atoms with Crippen molar-refractivity contribution in [3.8, 4) is 0 Å². The second-order valence-electron chi connectivity index (χ2n) is 4.07. The number of hydrogen-bond acceptors (Lipinski definition) is 4. The first-order valence-electron chi connectivity index (χ1n) is 6.06. The number of rotatable bonds is 5. The largest absolute Gasteiger partial charge is 0.476 e. The fourth-order valence-corrected chi connectivity index (χ4v) is 1.81. The SMILES string of the molecule is CCc1ccccc1CNc1cncc(C(=O)O)n1.